The van der Waals surface area contributed by atoms with Crippen LogP contribution in [-0.2, 0) is 13.6 Å². The zero-order valence-corrected chi connectivity index (χ0v) is 9.89. The third-order valence-corrected chi connectivity index (χ3v) is 2.46. The van der Waals surface area contributed by atoms with Crippen molar-refractivity contribution in [2.45, 2.75) is 6.54 Å². The average molecular weight is 238 g/mol. The topological polar surface area (TPSA) is 46.8 Å². The van der Waals surface area contributed by atoms with Crippen LogP contribution in [-0.4, -0.2) is 26.8 Å². The minimum Gasteiger partial charge on any atom is -0.338 e. The average Bonchev–Trinajstić information content (AvgIpc) is 2.65. The summed E-state index contributed by atoms with van der Waals surface area (Å²) in [6.07, 6.45) is 4.94. The molecule has 0 fully saturated rings. The summed E-state index contributed by atoms with van der Waals surface area (Å²) < 4.78 is 1.83. The second kappa shape index (κ2) is 4.49. The van der Waals surface area contributed by atoms with Gasteiger partial charge in [0.2, 0.25) is 5.95 Å². The Morgan fingerprint density at radius 3 is 2.62 bits per heavy atom. The third-order valence-electron chi connectivity index (χ3n) is 2.27. The Balaban J connectivity index is 2.11. The van der Waals surface area contributed by atoms with Gasteiger partial charge in [0.25, 0.3) is 0 Å². The minimum absolute atomic E-state index is 0.540. The van der Waals surface area contributed by atoms with Crippen molar-refractivity contribution in [3.8, 4) is 0 Å². The summed E-state index contributed by atoms with van der Waals surface area (Å²) in [6.45, 7) is 0.706. The van der Waals surface area contributed by atoms with Gasteiger partial charge in [-0.2, -0.15) is 5.10 Å². The van der Waals surface area contributed by atoms with Crippen LogP contribution in [0.4, 0.5) is 5.95 Å². The number of nitrogens with zero attached hydrogens (tertiary/aromatic N) is 5. The fourth-order valence-electron chi connectivity index (χ4n) is 1.37. The number of aryl methyl sites for hydroxylation is 1. The van der Waals surface area contributed by atoms with Gasteiger partial charge in [0, 0.05) is 20.3 Å². The predicted molar refractivity (Wildman–Crippen MR) is 62.4 cm³/mol. The molecule has 0 spiro atoms. The van der Waals surface area contributed by atoms with E-state index in [4.69, 9.17) is 11.6 Å². The normalized spacial score (nSPS) is 10.4. The molecule has 0 aliphatic heterocycles. The van der Waals surface area contributed by atoms with Crippen molar-refractivity contribution in [1.82, 2.24) is 19.7 Å². The molecule has 0 aliphatic carbocycles. The summed E-state index contributed by atoms with van der Waals surface area (Å²) in [5, 5.41) is 4.65. The van der Waals surface area contributed by atoms with E-state index in [1.54, 1.807) is 18.6 Å². The summed E-state index contributed by atoms with van der Waals surface area (Å²) in [5.74, 6) is 0.644. The highest BCUT2D eigenvalue weighted by molar-refractivity contribution is 6.30. The monoisotopic (exact) mass is 237 g/mol. The van der Waals surface area contributed by atoms with Crippen LogP contribution in [0.15, 0.2) is 24.7 Å². The summed E-state index contributed by atoms with van der Waals surface area (Å²) in [6, 6.07) is 1.96. The van der Waals surface area contributed by atoms with Gasteiger partial charge in [-0.3, -0.25) is 4.68 Å². The maximum atomic E-state index is 5.73. The molecule has 0 atom stereocenters. The van der Waals surface area contributed by atoms with Gasteiger partial charge in [-0.25, -0.2) is 9.97 Å². The standard InChI is InChI=1S/C10H12ClN5/c1-15(7-9-3-4-14-16(9)2)10-12-5-8(11)6-13-10/h3-6H,7H2,1-2H3. The molecule has 0 bridgehead atoms. The van der Waals surface area contributed by atoms with Crippen molar-refractivity contribution in [2.75, 3.05) is 11.9 Å². The molecule has 0 amide bonds. The van der Waals surface area contributed by atoms with E-state index in [0.717, 1.165) is 5.69 Å². The van der Waals surface area contributed by atoms with Crippen LogP contribution in [0.2, 0.25) is 5.02 Å². The molecule has 0 aliphatic rings. The lowest BCUT2D eigenvalue weighted by Gasteiger charge is -2.16. The van der Waals surface area contributed by atoms with E-state index in [2.05, 4.69) is 15.1 Å². The predicted octanol–water partition coefficient (Wildman–Crippen LogP) is 1.50. The van der Waals surface area contributed by atoms with Crippen LogP contribution < -0.4 is 4.90 Å². The van der Waals surface area contributed by atoms with Crippen LogP contribution >= 0.6 is 11.6 Å². The van der Waals surface area contributed by atoms with Crippen LogP contribution in [0.1, 0.15) is 5.69 Å². The van der Waals surface area contributed by atoms with Gasteiger partial charge in [0.15, 0.2) is 0 Å². The van der Waals surface area contributed by atoms with Crippen molar-refractivity contribution in [1.29, 1.82) is 0 Å². The summed E-state index contributed by atoms with van der Waals surface area (Å²) >= 11 is 5.73. The first kappa shape index (κ1) is 10.9. The van der Waals surface area contributed by atoms with E-state index in [-0.39, 0.29) is 0 Å². The van der Waals surface area contributed by atoms with Crippen LogP contribution in [0.25, 0.3) is 0 Å². The Morgan fingerprint density at radius 1 is 1.38 bits per heavy atom. The zero-order chi connectivity index (χ0) is 11.5. The van der Waals surface area contributed by atoms with Gasteiger partial charge in [-0.05, 0) is 6.07 Å². The molecule has 0 unspecified atom stereocenters. The van der Waals surface area contributed by atoms with Crippen LogP contribution in [0, 0.1) is 0 Å². The Kier molecular flexibility index (Phi) is 3.05. The molecule has 0 radical (unpaired) electrons. The molecule has 2 rings (SSSR count). The number of hydrogen-bond acceptors (Lipinski definition) is 4. The van der Waals surface area contributed by atoms with Gasteiger partial charge >= 0.3 is 0 Å². The number of aromatic nitrogens is 4. The van der Waals surface area contributed by atoms with Gasteiger partial charge < -0.3 is 4.90 Å². The molecule has 0 saturated heterocycles. The molecule has 6 heteroatoms. The highest BCUT2D eigenvalue weighted by Crippen LogP contribution is 2.11. The first-order valence-corrected chi connectivity index (χ1v) is 5.20. The fraction of sp³-hybridized carbons (Fsp3) is 0.300. The van der Waals surface area contributed by atoms with E-state index in [1.165, 1.54) is 0 Å². The molecule has 0 N–H and O–H groups in total. The lowest BCUT2D eigenvalue weighted by molar-refractivity contribution is 0.694. The second-order valence-electron chi connectivity index (χ2n) is 3.50. The van der Waals surface area contributed by atoms with Gasteiger partial charge in [-0.15, -0.1) is 0 Å². The quantitative estimate of drug-likeness (QED) is 0.812. The maximum absolute atomic E-state index is 5.73. The SMILES string of the molecule is CN(Cc1ccnn1C)c1ncc(Cl)cn1. The molecule has 2 aromatic heterocycles. The number of hydrogen-bond donors (Lipinski definition) is 0. The van der Waals surface area contributed by atoms with Crippen molar-refractivity contribution >= 4 is 17.5 Å². The highest BCUT2D eigenvalue weighted by atomic mass is 35.5. The fourth-order valence-corrected chi connectivity index (χ4v) is 1.47. The third kappa shape index (κ3) is 2.30. The second-order valence-corrected chi connectivity index (χ2v) is 3.94. The molecule has 84 valence electrons. The Bertz CT molecular complexity index is 464. The van der Waals surface area contributed by atoms with Gasteiger partial charge in [-0.1, -0.05) is 11.6 Å². The smallest absolute Gasteiger partial charge is 0.225 e. The van der Waals surface area contributed by atoms with Crippen molar-refractivity contribution in [3.05, 3.63) is 35.4 Å². The highest BCUT2D eigenvalue weighted by Gasteiger charge is 2.07. The number of halogens is 1. The van der Waals surface area contributed by atoms with E-state index in [1.807, 2.05) is 29.7 Å². The first-order valence-electron chi connectivity index (χ1n) is 4.82. The Hall–Kier alpha value is -1.62. The minimum atomic E-state index is 0.540. The molecule has 0 saturated carbocycles. The lowest BCUT2D eigenvalue weighted by atomic mass is 10.4. The summed E-state index contributed by atoms with van der Waals surface area (Å²) in [7, 11) is 3.84. The lowest BCUT2D eigenvalue weighted by Crippen LogP contribution is -2.20. The largest absolute Gasteiger partial charge is 0.338 e. The zero-order valence-electron chi connectivity index (χ0n) is 9.13. The molecule has 2 heterocycles. The molecule has 0 aromatic carbocycles. The maximum Gasteiger partial charge on any atom is 0.225 e. The molecule has 16 heavy (non-hydrogen) atoms. The summed E-state index contributed by atoms with van der Waals surface area (Å²) in [5.41, 5.74) is 1.10. The molecular weight excluding hydrogens is 226 g/mol. The van der Waals surface area contributed by atoms with E-state index in [0.29, 0.717) is 17.5 Å². The van der Waals surface area contributed by atoms with Crippen LogP contribution in [0.3, 0.4) is 0 Å². The van der Waals surface area contributed by atoms with Crippen molar-refractivity contribution < 1.29 is 0 Å². The van der Waals surface area contributed by atoms with Gasteiger partial charge in [0.1, 0.15) is 0 Å². The van der Waals surface area contributed by atoms with E-state index < -0.39 is 0 Å². The van der Waals surface area contributed by atoms with Crippen molar-refractivity contribution in [2.24, 2.45) is 7.05 Å². The number of rotatable bonds is 3. The Morgan fingerprint density at radius 2 is 2.06 bits per heavy atom. The summed E-state index contributed by atoms with van der Waals surface area (Å²) in [4.78, 5) is 10.2. The van der Waals surface area contributed by atoms with E-state index in [9.17, 15) is 0 Å². The van der Waals surface area contributed by atoms with Gasteiger partial charge in [0.05, 0.1) is 29.7 Å². The number of anilines is 1. The first-order chi connectivity index (χ1) is 7.66. The molecule has 5 nitrogen and oxygen atoms in total. The molecule has 2 aromatic rings. The van der Waals surface area contributed by atoms with E-state index >= 15 is 0 Å². The van der Waals surface area contributed by atoms with Crippen molar-refractivity contribution in [3.63, 3.8) is 0 Å². The van der Waals surface area contributed by atoms with Crippen LogP contribution in [0.5, 0.6) is 0 Å². The molecular formula is C10H12ClN5. The Labute approximate surface area is 98.7 Å².